The average Bonchev–Trinajstić information content (AvgIpc) is 2.62. The number of hydrogen-bond donors (Lipinski definition) is 2. The zero-order valence-corrected chi connectivity index (χ0v) is 13.4. The average molecular weight is 293 g/mol. The Morgan fingerprint density at radius 1 is 1.45 bits per heavy atom. The van der Waals surface area contributed by atoms with Crippen molar-refractivity contribution in [3.8, 4) is 6.07 Å². The molecule has 0 radical (unpaired) electrons. The molecule has 0 aliphatic carbocycles. The number of nitrogens with two attached hydrogens (primary N) is 1. The van der Waals surface area contributed by atoms with E-state index in [1.807, 2.05) is 13.8 Å². The predicted molar refractivity (Wildman–Crippen MR) is 83.8 cm³/mol. The molecule has 5 heteroatoms. The number of nitrogens with zero attached hydrogens (tertiary/aromatic N) is 1. The third kappa shape index (κ3) is 4.32. The van der Waals surface area contributed by atoms with Gasteiger partial charge in [0.05, 0.1) is 5.56 Å². The molecule has 0 saturated heterocycles. The van der Waals surface area contributed by atoms with E-state index in [0.717, 1.165) is 16.9 Å². The van der Waals surface area contributed by atoms with E-state index in [1.54, 1.807) is 0 Å². The molecule has 0 saturated carbocycles. The van der Waals surface area contributed by atoms with E-state index >= 15 is 0 Å². The maximum absolute atomic E-state index is 12.1. The van der Waals surface area contributed by atoms with E-state index in [2.05, 4.69) is 25.2 Å². The second-order valence-corrected chi connectivity index (χ2v) is 6.81. The quantitative estimate of drug-likeness (QED) is 0.845. The van der Waals surface area contributed by atoms with Crippen LogP contribution in [0.5, 0.6) is 0 Å². The minimum absolute atomic E-state index is 0.0566. The van der Waals surface area contributed by atoms with E-state index in [9.17, 15) is 4.79 Å². The molecular weight excluding hydrogens is 270 g/mol. The molecule has 0 fully saturated rings. The topological polar surface area (TPSA) is 78.9 Å². The standard InChI is InChI=1S/C15H23N3OS/c1-9(2)5-12(7-16)6-14(19)18-15-13(8-17)10(3)11(4)20-15/h9,12H,5-7,16H2,1-4H3,(H,18,19). The number of amides is 1. The Morgan fingerprint density at radius 2 is 2.10 bits per heavy atom. The maximum Gasteiger partial charge on any atom is 0.225 e. The fourth-order valence-corrected chi connectivity index (χ4v) is 3.25. The minimum Gasteiger partial charge on any atom is -0.330 e. The van der Waals surface area contributed by atoms with Crippen LogP contribution < -0.4 is 11.1 Å². The van der Waals surface area contributed by atoms with Crippen LogP contribution in [0.15, 0.2) is 0 Å². The van der Waals surface area contributed by atoms with Gasteiger partial charge in [-0.05, 0) is 44.2 Å². The van der Waals surface area contributed by atoms with Gasteiger partial charge in [-0.1, -0.05) is 13.8 Å². The number of nitrogens with one attached hydrogen (secondary N) is 1. The molecule has 0 aromatic carbocycles. The van der Waals surface area contributed by atoms with Crippen LogP contribution in [0.4, 0.5) is 5.00 Å². The van der Waals surface area contributed by atoms with E-state index in [1.165, 1.54) is 11.3 Å². The highest BCUT2D eigenvalue weighted by Crippen LogP contribution is 2.31. The Hall–Kier alpha value is -1.38. The summed E-state index contributed by atoms with van der Waals surface area (Å²) in [7, 11) is 0. The van der Waals surface area contributed by atoms with Crippen LogP contribution in [-0.4, -0.2) is 12.5 Å². The third-order valence-electron chi connectivity index (χ3n) is 3.36. The highest BCUT2D eigenvalue weighted by molar-refractivity contribution is 7.16. The first-order valence-corrected chi connectivity index (χ1v) is 7.70. The van der Waals surface area contributed by atoms with Gasteiger partial charge < -0.3 is 11.1 Å². The number of rotatable bonds is 6. The summed E-state index contributed by atoms with van der Waals surface area (Å²) in [4.78, 5) is 13.1. The normalized spacial score (nSPS) is 12.2. The largest absolute Gasteiger partial charge is 0.330 e. The zero-order chi connectivity index (χ0) is 15.3. The van der Waals surface area contributed by atoms with Crippen LogP contribution in [0, 0.1) is 37.0 Å². The minimum atomic E-state index is -0.0566. The molecule has 0 aliphatic heterocycles. The molecule has 1 rings (SSSR count). The molecule has 1 atom stereocenters. The van der Waals surface area contributed by atoms with Gasteiger partial charge in [-0.25, -0.2) is 0 Å². The van der Waals surface area contributed by atoms with Gasteiger partial charge in [0, 0.05) is 11.3 Å². The highest BCUT2D eigenvalue weighted by atomic mass is 32.1. The molecule has 110 valence electrons. The number of carbonyl (C=O) groups is 1. The first-order valence-electron chi connectivity index (χ1n) is 6.89. The van der Waals surface area contributed by atoms with Crippen molar-refractivity contribution in [1.29, 1.82) is 5.26 Å². The van der Waals surface area contributed by atoms with Crippen molar-refractivity contribution in [1.82, 2.24) is 0 Å². The Balaban J connectivity index is 2.72. The van der Waals surface area contributed by atoms with Crippen molar-refractivity contribution in [2.24, 2.45) is 17.6 Å². The van der Waals surface area contributed by atoms with E-state index in [-0.39, 0.29) is 11.8 Å². The van der Waals surface area contributed by atoms with E-state index in [4.69, 9.17) is 11.0 Å². The van der Waals surface area contributed by atoms with Crippen LogP contribution in [-0.2, 0) is 4.79 Å². The molecule has 3 N–H and O–H groups in total. The number of thiophene rings is 1. The number of aryl methyl sites for hydroxylation is 1. The summed E-state index contributed by atoms with van der Waals surface area (Å²) >= 11 is 1.46. The smallest absolute Gasteiger partial charge is 0.225 e. The molecule has 0 bridgehead atoms. The van der Waals surface area contributed by atoms with Crippen LogP contribution in [0.3, 0.4) is 0 Å². The van der Waals surface area contributed by atoms with Gasteiger partial charge in [0.25, 0.3) is 0 Å². The lowest BCUT2D eigenvalue weighted by Gasteiger charge is -2.16. The van der Waals surface area contributed by atoms with Crippen LogP contribution >= 0.6 is 11.3 Å². The summed E-state index contributed by atoms with van der Waals surface area (Å²) in [6.07, 6.45) is 1.35. The lowest BCUT2D eigenvalue weighted by atomic mass is 9.94. The van der Waals surface area contributed by atoms with Crippen LogP contribution in [0.2, 0.25) is 0 Å². The maximum atomic E-state index is 12.1. The molecule has 1 heterocycles. The first kappa shape index (κ1) is 16.7. The summed E-state index contributed by atoms with van der Waals surface area (Å²) in [5.41, 5.74) is 7.24. The molecule has 1 unspecified atom stereocenters. The second-order valence-electron chi connectivity index (χ2n) is 5.58. The fourth-order valence-electron chi connectivity index (χ4n) is 2.22. The predicted octanol–water partition coefficient (Wildman–Crippen LogP) is 3.19. The Bertz CT molecular complexity index is 514. The van der Waals surface area contributed by atoms with Gasteiger partial charge in [0.2, 0.25) is 5.91 Å². The van der Waals surface area contributed by atoms with Crippen molar-refractivity contribution in [3.05, 3.63) is 16.0 Å². The van der Waals surface area contributed by atoms with Crippen molar-refractivity contribution in [2.75, 3.05) is 11.9 Å². The molecule has 0 spiro atoms. The van der Waals surface area contributed by atoms with E-state index in [0.29, 0.717) is 29.4 Å². The third-order valence-corrected chi connectivity index (χ3v) is 4.48. The molecular formula is C15H23N3OS. The fraction of sp³-hybridized carbons (Fsp3) is 0.600. The number of carbonyl (C=O) groups excluding carboxylic acids is 1. The number of anilines is 1. The van der Waals surface area contributed by atoms with Gasteiger partial charge >= 0.3 is 0 Å². The molecule has 1 amide bonds. The second kappa shape index (κ2) is 7.41. The lowest BCUT2D eigenvalue weighted by Crippen LogP contribution is -2.23. The lowest BCUT2D eigenvalue weighted by molar-refractivity contribution is -0.117. The Kier molecular flexibility index (Phi) is 6.18. The van der Waals surface area contributed by atoms with Crippen molar-refractivity contribution < 1.29 is 4.79 Å². The van der Waals surface area contributed by atoms with Gasteiger partial charge in [-0.15, -0.1) is 11.3 Å². The SMILES string of the molecule is Cc1sc(NC(=O)CC(CN)CC(C)C)c(C#N)c1C. The van der Waals surface area contributed by atoms with Gasteiger partial charge in [0.1, 0.15) is 11.1 Å². The van der Waals surface area contributed by atoms with Crippen LogP contribution in [0.25, 0.3) is 0 Å². The summed E-state index contributed by atoms with van der Waals surface area (Å²) in [6.45, 7) is 8.62. The van der Waals surface area contributed by atoms with Crippen molar-refractivity contribution >= 4 is 22.2 Å². The van der Waals surface area contributed by atoms with Crippen molar-refractivity contribution in [3.63, 3.8) is 0 Å². The molecule has 1 aromatic rings. The van der Waals surface area contributed by atoms with Crippen LogP contribution in [0.1, 0.15) is 42.7 Å². The van der Waals surface area contributed by atoms with E-state index < -0.39 is 0 Å². The highest BCUT2D eigenvalue weighted by Gasteiger charge is 2.18. The monoisotopic (exact) mass is 293 g/mol. The number of hydrogen-bond acceptors (Lipinski definition) is 4. The number of nitriles is 1. The molecule has 4 nitrogen and oxygen atoms in total. The van der Waals surface area contributed by atoms with Gasteiger partial charge in [0.15, 0.2) is 0 Å². The zero-order valence-electron chi connectivity index (χ0n) is 12.6. The Labute approximate surface area is 125 Å². The molecule has 1 aromatic heterocycles. The summed E-state index contributed by atoms with van der Waals surface area (Å²) in [6, 6.07) is 2.16. The van der Waals surface area contributed by atoms with Gasteiger partial charge in [-0.2, -0.15) is 5.26 Å². The summed E-state index contributed by atoms with van der Waals surface area (Å²) in [5.74, 6) is 0.666. The molecule has 20 heavy (non-hydrogen) atoms. The van der Waals surface area contributed by atoms with Crippen molar-refractivity contribution in [2.45, 2.75) is 40.5 Å². The summed E-state index contributed by atoms with van der Waals surface area (Å²) < 4.78 is 0. The summed E-state index contributed by atoms with van der Waals surface area (Å²) in [5, 5.41) is 12.7. The Morgan fingerprint density at radius 3 is 2.60 bits per heavy atom. The molecule has 0 aliphatic rings. The first-order chi connectivity index (χ1) is 9.38. The van der Waals surface area contributed by atoms with Gasteiger partial charge in [-0.3, -0.25) is 4.79 Å².